The molecule has 0 amide bonds. The van der Waals surface area contributed by atoms with Crippen LogP contribution in [0.5, 0.6) is 0 Å². The summed E-state index contributed by atoms with van der Waals surface area (Å²) < 4.78 is 0. The molecule has 1 aromatic heterocycles. The number of aryl methyl sites for hydroxylation is 1. The van der Waals surface area contributed by atoms with Crippen LogP contribution < -0.4 is 5.32 Å². The van der Waals surface area contributed by atoms with E-state index < -0.39 is 0 Å². The molecule has 1 aromatic rings. The van der Waals surface area contributed by atoms with Crippen molar-refractivity contribution < 1.29 is 0 Å². The molecule has 0 spiro atoms. The van der Waals surface area contributed by atoms with Gasteiger partial charge in [-0.15, -0.1) is 11.3 Å². The Morgan fingerprint density at radius 1 is 1.22 bits per heavy atom. The van der Waals surface area contributed by atoms with E-state index >= 15 is 0 Å². The summed E-state index contributed by atoms with van der Waals surface area (Å²) in [4.78, 5) is 6.58. The van der Waals surface area contributed by atoms with E-state index in [-0.39, 0.29) is 0 Å². The van der Waals surface area contributed by atoms with Gasteiger partial charge < -0.3 is 5.32 Å². The Hall–Kier alpha value is -0.410. The summed E-state index contributed by atoms with van der Waals surface area (Å²) in [7, 11) is 2.07. The van der Waals surface area contributed by atoms with Crippen LogP contribution in [0.2, 0.25) is 0 Å². The van der Waals surface area contributed by atoms with Crippen LogP contribution in [0, 0.1) is 5.92 Å². The third-order valence-corrected chi connectivity index (χ3v) is 5.90. The molecule has 3 heteroatoms. The average Bonchev–Trinajstić information content (AvgIpc) is 2.82. The molecule has 3 rings (SSSR count). The van der Waals surface area contributed by atoms with Crippen LogP contribution in [0.15, 0.2) is 0 Å². The second kappa shape index (κ2) is 5.30. The van der Waals surface area contributed by atoms with Gasteiger partial charge in [-0.1, -0.05) is 19.8 Å². The lowest BCUT2D eigenvalue weighted by Gasteiger charge is -2.25. The van der Waals surface area contributed by atoms with E-state index in [1.807, 2.05) is 11.3 Å². The van der Waals surface area contributed by atoms with Crippen molar-refractivity contribution in [1.82, 2.24) is 10.3 Å². The van der Waals surface area contributed by atoms with Gasteiger partial charge in [0, 0.05) is 10.8 Å². The van der Waals surface area contributed by atoms with Crippen LogP contribution >= 0.6 is 11.3 Å². The zero-order valence-electron chi connectivity index (χ0n) is 11.5. The second-order valence-electron chi connectivity index (χ2n) is 6.06. The van der Waals surface area contributed by atoms with Gasteiger partial charge in [0.2, 0.25) is 0 Å². The van der Waals surface area contributed by atoms with Crippen LogP contribution in [-0.4, -0.2) is 12.0 Å². The Balaban J connectivity index is 1.83. The smallest absolute Gasteiger partial charge is 0.0962 e. The molecule has 0 radical (unpaired) electrons. The summed E-state index contributed by atoms with van der Waals surface area (Å²) in [5.74, 6) is 1.65. The number of fused-ring (bicyclic) bond motifs is 1. The summed E-state index contributed by atoms with van der Waals surface area (Å²) in [6, 6.07) is 0.514. The zero-order chi connectivity index (χ0) is 12.5. The molecule has 0 aromatic carbocycles. The van der Waals surface area contributed by atoms with Gasteiger partial charge in [-0.25, -0.2) is 4.98 Å². The first-order chi connectivity index (χ1) is 8.78. The van der Waals surface area contributed by atoms with Gasteiger partial charge in [0.15, 0.2) is 0 Å². The number of thiazole rings is 1. The van der Waals surface area contributed by atoms with E-state index in [1.54, 1.807) is 4.88 Å². The normalized spacial score (nSPS) is 32.2. The lowest BCUT2D eigenvalue weighted by atomic mass is 9.83. The molecule has 1 heterocycles. The highest BCUT2D eigenvalue weighted by Crippen LogP contribution is 2.41. The summed E-state index contributed by atoms with van der Waals surface area (Å²) in [6.45, 7) is 2.40. The lowest BCUT2D eigenvalue weighted by Crippen LogP contribution is -2.21. The molecule has 2 aliphatic rings. The number of aromatic nitrogens is 1. The average molecular weight is 264 g/mol. The maximum absolute atomic E-state index is 5.02. The number of hydrogen-bond donors (Lipinski definition) is 1. The summed E-state index contributed by atoms with van der Waals surface area (Å²) in [5.41, 5.74) is 1.38. The van der Waals surface area contributed by atoms with Gasteiger partial charge in [-0.3, -0.25) is 0 Å². The minimum Gasteiger partial charge on any atom is -0.312 e. The number of rotatable bonds is 2. The maximum atomic E-state index is 5.02. The first-order valence-corrected chi connectivity index (χ1v) is 8.26. The molecule has 0 saturated heterocycles. The summed E-state index contributed by atoms with van der Waals surface area (Å²) in [5, 5.41) is 4.87. The quantitative estimate of drug-likeness (QED) is 0.872. The van der Waals surface area contributed by atoms with Crippen molar-refractivity contribution in [1.29, 1.82) is 0 Å². The molecule has 2 nitrogen and oxygen atoms in total. The Morgan fingerprint density at radius 2 is 2.11 bits per heavy atom. The topological polar surface area (TPSA) is 24.9 Å². The highest BCUT2D eigenvalue weighted by atomic mass is 32.1. The third-order valence-electron chi connectivity index (χ3n) is 4.60. The summed E-state index contributed by atoms with van der Waals surface area (Å²) >= 11 is 2.01. The monoisotopic (exact) mass is 264 g/mol. The second-order valence-corrected chi connectivity index (χ2v) is 7.18. The Bertz CT molecular complexity index is 413. The highest BCUT2D eigenvalue weighted by molar-refractivity contribution is 7.11. The van der Waals surface area contributed by atoms with E-state index in [9.17, 15) is 0 Å². The third kappa shape index (κ3) is 2.35. The van der Waals surface area contributed by atoms with Crippen LogP contribution in [0.1, 0.15) is 73.0 Å². The van der Waals surface area contributed by atoms with Crippen molar-refractivity contribution >= 4 is 11.3 Å². The number of nitrogens with one attached hydrogen (secondary N) is 1. The van der Waals surface area contributed by atoms with Crippen molar-refractivity contribution in [3.05, 3.63) is 15.6 Å². The van der Waals surface area contributed by atoms with Gasteiger partial charge in [-0.2, -0.15) is 0 Å². The molecular weight excluding hydrogens is 240 g/mol. The Morgan fingerprint density at radius 3 is 2.89 bits per heavy atom. The van der Waals surface area contributed by atoms with Crippen LogP contribution in [0.4, 0.5) is 0 Å². The number of hydrogen-bond acceptors (Lipinski definition) is 3. The Labute approximate surface area is 114 Å². The van der Waals surface area contributed by atoms with Crippen molar-refractivity contribution in [2.45, 2.75) is 63.8 Å². The fourth-order valence-corrected chi connectivity index (χ4v) is 4.87. The molecule has 0 bridgehead atoms. The van der Waals surface area contributed by atoms with E-state index in [1.165, 1.54) is 55.6 Å². The molecule has 1 N–H and O–H groups in total. The van der Waals surface area contributed by atoms with Gasteiger partial charge in [0.05, 0.1) is 16.7 Å². The van der Waals surface area contributed by atoms with Gasteiger partial charge >= 0.3 is 0 Å². The minimum atomic E-state index is 0.514. The molecule has 0 aliphatic heterocycles. The standard InChI is InChI=1S/C15H24N2S/c1-10-5-3-6-11(9-10)15-17-14-12(16-2)7-4-8-13(14)18-15/h10-12,16H,3-9H2,1-2H3. The largest absolute Gasteiger partial charge is 0.312 e. The molecule has 2 aliphatic carbocycles. The molecule has 18 heavy (non-hydrogen) atoms. The summed E-state index contributed by atoms with van der Waals surface area (Å²) in [6.07, 6.45) is 9.37. The zero-order valence-corrected chi connectivity index (χ0v) is 12.4. The molecular formula is C15H24N2S. The van der Waals surface area contributed by atoms with Crippen molar-refractivity contribution in [3.8, 4) is 0 Å². The van der Waals surface area contributed by atoms with Crippen molar-refractivity contribution in [2.75, 3.05) is 7.05 Å². The minimum absolute atomic E-state index is 0.514. The highest BCUT2D eigenvalue weighted by Gasteiger charge is 2.28. The van der Waals surface area contributed by atoms with Gasteiger partial charge in [0.1, 0.15) is 0 Å². The van der Waals surface area contributed by atoms with Crippen molar-refractivity contribution in [3.63, 3.8) is 0 Å². The SMILES string of the molecule is CNC1CCCc2sc(C3CCCC(C)C3)nc21. The molecule has 1 fully saturated rings. The van der Waals surface area contributed by atoms with Gasteiger partial charge in [-0.05, 0) is 45.1 Å². The fraction of sp³-hybridized carbons (Fsp3) is 0.800. The van der Waals surface area contributed by atoms with Crippen LogP contribution in [0.3, 0.4) is 0 Å². The predicted octanol–water partition coefficient (Wildman–Crippen LogP) is 4.03. The fourth-order valence-electron chi connectivity index (χ4n) is 3.55. The Kier molecular flexibility index (Phi) is 3.71. The molecule has 100 valence electrons. The maximum Gasteiger partial charge on any atom is 0.0962 e. The van der Waals surface area contributed by atoms with Crippen LogP contribution in [-0.2, 0) is 6.42 Å². The van der Waals surface area contributed by atoms with E-state index in [0.717, 1.165) is 11.8 Å². The van der Waals surface area contributed by atoms with Crippen molar-refractivity contribution in [2.24, 2.45) is 5.92 Å². The van der Waals surface area contributed by atoms with Gasteiger partial charge in [0.25, 0.3) is 0 Å². The van der Waals surface area contributed by atoms with E-state index in [4.69, 9.17) is 4.98 Å². The van der Waals surface area contributed by atoms with Crippen LogP contribution in [0.25, 0.3) is 0 Å². The molecule has 3 unspecified atom stereocenters. The van der Waals surface area contributed by atoms with E-state index in [2.05, 4.69) is 19.3 Å². The first kappa shape index (κ1) is 12.6. The first-order valence-electron chi connectivity index (χ1n) is 7.44. The predicted molar refractivity (Wildman–Crippen MR) is 77.2 cm³/mol. The molecule has 1 saturated carbocycles. The number of nitrogens with zero attached hydrogens (tertiary/aromatic N) is 1. The molecule has 3 atom stereocenters. The lowest BCUT2D eigenvalue weighted by molar-refractivity contribution is 0.343. The van der Waals surface area contributed by atoms with E-state index in [0.29, 0.717) is 6.04 Å².